The van der Waals surface area contributed by atoms with Gasteiger partial charge in [0.25, 0.3) is 0 Å². The summed E-state index contributed by atoms with van der Waals surface area (Å²) in [5.74, 6) is 0.218. The molecule has 2 saturated heterocycles. The molecule has 0 spiro atoms. The molecule has 1 unspecified atom stereocenters. The third-order valence-corrected chi connectivity index (χ3v) is 4.06. The molecule has 0 aliphatic carbocycles. The molecule has 1 aromatic heterocycles. The van der Waals surface area contributed by atoms with Gasteiger partial charge in [0.2, 0.25) is 0 Å². The fourth-order valence-corrected chi connectivity index (χ4v) is 3.07. The molecular formula is C13H19N3O5. The van der Waals surface area contributed by atoms with Crippen LogP contribution in [-0.4, -0.2) is 54.8 Å². The van der Waals surface area contributed by atoms with Crippen LogP contribution in [-0.2, 0) is 18.9 Å². The van der Waals surface area contributed by atoms with Gasteiger partial charge >= 0.3 is 5.69 Å². The monoisotopic (exact) mass is 297 g/mol. The number of rotatable bonds is 4. The van der Waals surface area contributed by atoms with E-state index >= 15 is 0 Å². The summed E-state index contributed by atoms with van der Waals surface area (Å²) >= 11 is 0. The molecule has 1 aromatic rings. The van der Waals surface area contributed by atoms with Crippen LogP contribution in [0.15, 0.2) is 11.0 Å². The van der Waals surface area contributed by atoms with E-state index in [0.29, 0.717) is 18.8 Å². The lowest BCUT2D eigenvalue weighted by atomic mass is 10.0. The summed E-state index contributed by atoms with van der Waals surface area (Å²) in [4.78, 5) is 15.9. The Hall–Kier alpha value is -1.48. The van der Waals surface area contributed by atoms with E-state index in [1.165, 1.54) is 4.57 Å². The van der Waals surface area contributed by atoms with Gasteiger partial charge in [-0.15, -0.1) is 0 Å². The molecular weight excluding hydrogens is 278 g/mol. The highest BCUT2D eigenvalue weighted by Crippen LogP contribution is 2.46. The lowest BCUT2D eigenvalue weighted by Gasteiger charge is -2.30. The van der Waals surface area contributed by atoms with E-state index in [1.54, 1.807) is 27.3 Å². The number of nitrogens with two attached hydrogens (primary N) is 1. The van der Waals surface area contributed by atoms with E-state index in [4.69, 9.17) is 24.7 Å². The van der Waals surface area contributed by atoms with Crippen LogP contribution < -0.4 is 11.4 Å². The summed E-state index contributed by atoms with van der Waals surface area (Å²) in [6.45, 7) is 2.48. The Morgan fingerprint density at radius 1 is 1.57 bits per heavy atom. The van der Waals surface area contributed by atoms with Crippen LogP contribution in [0.1, 0.15) is 11.8 Å². The first kappa shape index (κ1) is 14.5. The number of hydrogen-bond acceptors (Lipinski definition) is 7. The van der Waals surface area contributed by atoms with Gasteiger partial charge < -0.3 is 24.7 Å². The molecule has 0 radical (unpaired) electrons. The Bertz CT molecular complexity index is 604. The van der Waals surface area contributed by atoms with Crippen LogP contribution in [0.25, 0.3) is 0 Å². The van der Waals surface area contributed by atoms with Crippen molar-refractivity contribution >= 4 is 5.82 Å². The summed E-state index contributed by atoms with van der Waals surface area (Å²) in [5, 5.41) is 0. The van der Waals surface area contributed by atoms with Gasteiger partial charge in [0.1, 0.15) is 23.6 Å². The van der Waals surface area contributed by atoms with Crippen LogP contribution in [0.3, 0.4) is 0 Å². The molecule has 2 fully saturated rings. The molecule has 2 N–H and O–H groups in total. The second-order valence-electron chi connectivity index (χ2n) is 5.44. The largest absolute Gasteiger partial charge is 0.383 e. The van der Waals surface area contributed by atoms with E-state index in [2.05, 4.69) is 4.98 Å². The van der Waals surface area contributed by atoms with E-state index in [9.17, 15) is 4.79 Å². The van der Waals surface area contributed by atoms with Crippen molar-refractivity contribution in [2.45, 2.75) is 31.0 Å². The molecule has 0 amide bonds. The molecule has 2 bridgehead atoms. The van der Waals surface area contributed by atoms with Crippen molar-refractivity contribution in [1.82, 2.24) is 9.55 Å². The zero-order valence-electron chi connectivity index (χ0n) is 12.2. The predicted molar refractivity (Wildman–Crippen MR) is 72.9 cm³/mol. The second kappa shape index (κ2) is 5.06. The molecule has 2 aliphatic heterocycles. The number of fused-ring (bicyclic) bond motifs is 2. The van der Waals surface area contributed by atoms with E-state index in [-0.39, 0.29) is 18.0 Å². The zero-order chi connectivity index (χ0) is 15.2. The first-order chi connectivity index (χ1) is 10.0. The van der Waals surface area contributed by atoms with Gasteiger partial charge in [0.15, 0.2) is 6.23 Å². The molecule has 3 rings (SSSR count). The number of hydrogen-bond donors (Lipinski definition) is 1. The predicted octanol–water partition coefficient (Wildman–Crippen LogP) is -0.538. The standard InChI is InChI=1S/C13H19N3O5/c1-7-4-16(12(17)15-10(7)14)11-8-9(19-3)13(21-11,5-18-2)6-20-8/h4,8-9,11H,5-6H2,1-3H3,(H2,14,15,17)/t8-,9?,11+,13+/m0/s1. The van der Waals surface area contributed by atoms with Crippen molar-refractivity contribution in [3.8, 4) is 0 Å². The van der Waals surface area contributed by atoms with Gasteiger partial charge in [-0.2, -0.15) is 4.98 Å². The number of methoxy groups -OCH3 is 2. The van der Waals surface area contributed by atoms with Gasteiger partial charge in [0, 0.05) is 26.0 Å². The number of nitrogen functional groups attached to an aromatic ring is 1. The van der Waals surface area contributed by atoms with Crippen LogP contribution in [0.4, 0.5) is 5.82 Å². The minimum Gasteiger partial charge on any atom is -0.383 e. The van der Waals surface area contributed by atoms with Crippen LogP contribution in [0.5, 0.6) is 0 Å². The smallest absolute Gasteiger partial charge is 0.351 e. The summed E-state index contributed by atoms with van der Waals surface area (Å²) < 4.78 is 24.0. The third kappa shape index (κ3) is 2.06. The molecule has 8 heteroatoms. The first-order valence-corrected chi connectivity index (χ1v) is 6.69. The highest BCUT2D eigenvalue weighted by molar-refractivity contribution is 5.35. The van der Waals surface area contributed by atoms with Crippen molar-refractivity contribution in [3.05, 3.63) is 22.2 Å². The maximum Gasteiger partial charge on any atom is 0.351 e. The van der Waals surface area contributed by atoms with Crippen molar-refractivity contribution < 1.29 is 18.9 Å². The number of anilines is 1. The fraction of sp³-hybridized carbons (Fsp3) is 0.692. The van der Waals surface area contributed by atoms with E-state index < -0.39 is 17.5 Å². The van der Waals surface area contributed by atoms with E-state index in [0.717, 1.165) is 0 Å². The molecule has 0 aromatic carbocycles. The van der Waals surface area contributed by atoms with Gasteiger partial charge in [-0.1, -0.05) is 0 Å². The highest BCUT2D eigenvalue weighted by Gasteiger charge is 2.63. The number of nitrogens with zero attached hydrogens (tertiary/aromatic N) is 2. The zero-order valence-corrected chi connectivity index (χ0v) is 12.2. The fourth-order valence-electron chi connectivity index (χ4n) is 3.07. The van der Waals surface area contributed by atoms with Crippen molar-refractivity contribution in [3.63, 3.8) is 0 Å². The average molecular weight is 297 g/mol. The van der Waals surface area contributed by atoms with Crippen molar-refractivity contribution in [2.24, 2.45) is 0 Å². The lowest BCUT2D eigenvalue weighted by molar-refractivity contribution is -0.191. The summed E-state index contributed by atoms with van der Waals surface area (Å²) in [6, 6.07) is 0. The maximum absolute atomic E-state index is 12.1. The summed E-state index contributed by atoms with van der Waals surface area (Å²) in [6.07, 6.45) is 0.352. The minimum atomic E-state index is -0.701. The molecule has 8 nitrogen and oxygen atoms in total. The normalized spacial score (nSPS) is 34.5. The third-order valence-electron chi connectivity index (χ3n) is 4.06. The van der Waals surface area contributed by atoms with Gasteiger partial charge in [-0.05, 0) is 6.92 Å². The maximum atomic E-state index is 12.1. The summed E-state index contributed by atoms with van der Waals surface area (Å²) in [7, 11) is 3.18. The van der Waals surface area contributed by atoms with Gasteiger partial charge in [-0.25, -0.2) is 4.79 Å². The summed E-state index contributed by atoms with van der Waals surface area (Å²) in [5.41, 5.74) is 5.18. The molecule has 21 heavy (non-hydrogen) atoms. The first-order valence-electron chi connectivity index (χ1n) is 6.69. The Morgan fingerprint density at radius 2 is 2.33 bits per heavy atom. The van der Waals surface area contributed by atoms with Crippen molar-refractivity contribution in [2.75, 3.05) is 33.2 Å². The lowest BCUT2D eigenvalue weighted by Crippen LogP contribution is -2.45. The topological polar surface area (TPSA) is 97.8 Å². The van der Waals surface area contributed by atoms with E-state index in [1.807, 2.05) is 0 Å². The number of aryl methyl sites for hydroxylation is 1. The van der Waals surface area contributed by atoms with Gasteiger partial charge in [-0.3, -0.25) is 4.57 Å². The Balaban J connectivity index is 1.99. The number of ether oxygens (including phenoxy) is 4. The number of aromatic nitrogens is 2. The van der Waals surface area contributed by atoms with Gasteiger partial charge in [0.05, 0.1) is 13.2 Å². The van der Waals surface area contributed by atoms with Crippen LogP contribution >= 0.6 is 0 Å². The Labute approximate surface area is 121 Å². The minimum absolute atomic E-state index is 0.218. The highest BCUT2D eigenvalue weighted by atomic mass is 16.7. The molecule has 4 atom stereocenters. The van der Waals surface area contributed by atoms with Crippen molar-refractivity contribution in [1.29, 1.82) is 0 Å². The Kier molecular flexibility index (Phi) is 3.48. The van der Waals surface area contributed by atoms with Crippen LogP contribution in [0, 0.1) is 6.92 Å². The van der Waals surface area contributed by atoms with Crippen LogP contribution in [0.2, 0.25) is 0 Å². The quantitative estimate of drug-likeness (QED) is 0.797. The SMILES string of the molecule is COC[C@@]12CO[C@@H](C1OC)[C@H](n1cc(C)c(N)nc1=O)O2. The molecule has 2 aliphatic rings. The second-order valence-corrected chi connectivity index (χ2v) is 5.44. The average Bonchev–Trinajstić information content (AvgIpc) is 2.94. The molecule has 0 saturated carbocycles. The molecule has 116 valence electrons. The molecule has 3 heterocycles. The Morgan fingerprint density at radius 3 is 3.00 bits per heavy atom.